The van der Waals surface area contributed by atoms with E-state index in [1.807, 2.05) is 85.8 Å². The molecule has 0 unspecified atom stereocenters. The molecule has 1 N–H and O–H groups in total. The van der Waals surface area contributed by atoms with Crippen LogP contribution in [0.3, 0.4) is 0 Å². The summed E-state index contributed by atoms with van der Waals surface area (Å²) in [7, 11) is -3.55. The van der Waals surface area contributed by atoms with E-state index in [4.69, 9.17) is 0 Å². The van der Waals surface area contributed by atoms with Crippen molar-refractivity contribution < 1.29 is 18.0 Å². The van der Waals surface area contributed by atoms with Crippen molar-refractivity contribution in [3.63, 3.8) is 0 Å². The number of nitrogens with zero attached hydrogens (tertiary/aromatic N) is 2. The normalized spacial score (nSPS) is 14.3. The fourth-order valence-corrected chi connectivity index (χ4v) is 7.07. The van der Waals surface area contributed by atoms with Crippen LogP contribution in [0.1, 0.15) is 62.1 Å². The maximum atomic E-state index is 14.0. The fourth-order valence-electron chi connectivity index (χ4n) is 5.66. The minimum Gasteiger partial charge on any atom is -0.352 e. The van der Waals surface area contributed by atoms with Crippen LogP contribution < -0.4 is 9.62 Å². The zero-order valence-corrected chi connectivity index (χ0v) is 27.4. The van der Waals surface area contributed by atoms with Gasteiger partial charge in [0.05, 0.1) is 11.9 Å². The molecule has 4 rings (SSSR count). The van der Waals surface area contributed by atoms with Gasteiger partial charge in [-0.2, -0.15) is 0 Å². The highest BCUT2D eigenvalue weighted by atomic mass is 79.9. The molecule has 2 amide bonds. The Morgan fingerprint density at radius 2 is 1.60 bits per heavy atom. The number of carbonyl (C=O) groups is 2. The van der Waals surface area contributed by atoms with Crippen molar-refractivity contribution in [2.75, 3.05) is 17.1 Å². The highest BCUT2D eigenvalue weighted by Gasteiger charge is 2.32. The molecular formula is C34H42BrN3O4S. The molecule has 3 aromatic carbocycles. The van der Waals surface area contributed by atoms with Gasteiger partial charge < -0.3 is 10.2 Å². The molecular weight excluding hydrogens is 626 g/mol. The van der Waals surface area contributed by atoms with Gasteiger partial charge in [-0.3, -0.25) is 13.9 Å². The first kappa shape index (κ1) is 32.7. The quantitative estimate of drug-likeness (QED) is 0.220. The second-order valence-electron chi connectivity index (χ2n) is 11.3. The number of aryl methyl sites for hydroxylation is 1. The van der Waals surface area contributed by atoms with Crippen molar-refractivity contribution in [3.8, 4) is 0 Å². The zero-order chi connectivity index (χ0) is 30.8. The van der Waals surface area contributed by atoms with Crippen LogP contribution in [0, 0.1) is 0 Å². The highest BCUT2D eigenvalue weighted by molar-refractivity contribution is 9.10. The van der Waals surface area contributed by atoms with E-state index in [0.717, 1.165) is 53.3 Å². The number of sulfonamides is 1. The summed E-state index contributed by atoms with van der Waals surface area (Å²) in [6, 6.07) is 24.4. The number of nitrogens with one attached hydrogen (secondary N) is 1. The van der Waals surface area contributed by atoms with Gasteiger partial charge in [0.1, 0.15) is 6.04 Å². The molecule has 1 fully saturated rings. The van der Waals surface area contributed by atoms with E-state index in [2.05, 4.69) is 21.2 Å². The number of hydrogen-bond acceptors (Lipinski definition) is 4. The van der Waals surface area contributed by atoms with Crippen LogP contribution in [0.15, 0.2) is 83.3 Å². The van der Waals surface area contributed by atoms with E-state index < -0.39 is 16.1 Å². The Bertz CT molecular complexity index is 1460. The van der Waals surface area contributed by atoms with E-state index in [1.54, 1.807) is 4.90 Å². The van der Waals surface area contributed by atoms with Gasteiger partial charge in [-0.25, -0.2) is 8.42 Å². The lowest BCUT2D eigenvalue weighted by molar-refractivity contribution is -0.141. The number of benzene rings is 3. The van der Waals surface area contributed by atoms with Crippen molar-refractivity contribution in [2.45, 2.75) is 76.9 Å². The molecule has 7 nitrogen and oxygen atoms in total. The van der Waals surface area contributed by atoms with Crippen LogP contribution in [0.5, 0.6) is 0 Å². The molecule has 1 aliphatic carbocycles. The largest absolute Gasteiger partial charge is 0.352 e. The lowest BCUT2D eigenvalue weighted by atomic mass is 10.0. The Morgan fingerprint density at radius 3 is 2.23 bits per heavy atom. The van der Waals surface area contributed by atoms with Crippen molar-refractivity contribution in [2.24, 2.45) is 0 Å². The maximum absolute atomic E-state index is 14.0. The number of carbonyl (C=O) groups excluding carboxylic acids is 2. The van der Waals surface area contributed by atoms with Gasteiger partial charge in [0.15, 0.2) is 0 Å². The summed E-state index contributed by atoms with van der Waals surface area (Å²) < 4.78 is 27.7. The minimum absolute atomic E-state index is 0.106. The number of hydrogen-bond donors (Lipinski definition) is 1. The highest BCUT2D eigenvalue weighted by Crippen LogP contribution is 2.23. The Balaban J connectivity index is 1.57. The molecule has 1 aliphatic rings. The van der Waals surface area contributed by atoms with Gasteiger partial charge in [0, 0.05) is 36.4 Å². The second-order valence-corrected chi connectivity index (χ2v) is 14.1. The predicted octanol–water partition coefficient (Wildman–Crippen LogP) is 6.26. The predicted molar refractivity (Wildman–Crippen MR) is 176 cm³/mol. The van der Waals surface area contributed by atoms with Gasteiger partial charge in [-0.1, -0.05) is 90.3 Å². The van der Waals surface area contributed by atoms with Crippen LogP contribution in [0.25, 0.3) is 0 Å². The summed E-state index contributed by atoms with van der Waals surface area (Å²) in [5.41, 5.74) is 3.58. The fraction of sp³-hybridized carbons (Fsp3) is 0.412. The van der Waals surface area contributed by atoms with Crippen molar-refractivity contribution in [1.29, 1.82) is 0 Å². The maximum Gasteiger partial charge on any atom is 0.243 e. The third-order valence-corrected chi connectivity index (χ3v) is 9.69. The Kier molecular flexibility index (Phi) is 11.8. The lowest BCUT2D eigenvalue weighted by Crippen LogP contribution is -2.52. The molecule has 0 heterocycles. The van der Waals surface area contributed by atoms with Crippen molar-refractivity contribution >= 4 is 43.5 Å². The summed E-state index contributed by atoms with van der Waals surface area (Å²) in [4.78, 5) is 29.6. The molecule has 1 saturated carbocycles. The molecule has 0 aromatic heterocycles. The average Bonchev–Trinajstić information content (AvgIpc) is 3.50. The van der Waals surface area contributed by atoms with Gasteiger partial charge in [-0.15, -0.1) is 0 Å². The molecule has 0 saturated heterocycles. The van der Waals surface area contributed by atoms with Gasteiger partial charge >= 0.3 is 0 Å². The van der Waals surface area contributed by atoms with E-state index in [1.165, 1.54) is 10.6 Å². The Morgan fingerprint density at radius 1 is 0.930 bits per heavy atom. The SMILES string of the molecule is CCc1ccc(N(CCCC(=O)N(Cc2cccc(Br)c2)[C@H](Cc2ccccc2)C(=O)NC2CCCC2)S(C)(=O)=O)cc1. The third-order valence-electron chi connectivity index (χ3n) is 8.00. The van der Waals surface area contributed by atoms with Crippen LogP contribution in [-0.4, -0.2) is 50.0 Å². The number of rotatable bonds is 14. The topological polar surface area (TPSA) is 86.8 Å². The monoisotopic (exact) mass is 667 g/mol. The van der Waals surface area contributed by atoms with E-state index in [9.17, 15) is 18.0 Å². The molecule has 0 radical (unpaired) electrons. The van der Waals surface area contributed by atoms with Crippen LogP contribution in [0.4, 0.5) is 5.69 Å². The van der Waals surface area contributed by atoms with E-state index >= 15 is 0 Å². The Hall–Kier alpha value is -3.17. The van der Waals surface area contributed by atoms with Crippen molar-refractivity contribution in [1.82, 2.24) is 10.2 Å². The van der Waals surface area contributed by atoms with Gasteiger partial charge in [0.25, 0.3) is 0 Å². The molecule has 9 heteroatoms. The smallest absolute Gasteiger partial charge is 0.243 e. The van der Waals surface area contributed by atoms with Crippen LogP contribution in [-0.2, 0) is 39.0 Å². The number of amides is 2. The molecule has 1 atom stereocenters. The lowest BCUT2D eigenvalue weighted by Gasteiger charge is -2.33. The van der Waals surface area contributed by atoms with Crippen LogP contribution >= 0.6 is 15.9 Å². The summed E-state index contributed by atoms with van der Waals surface area (Å²) in [6.07, 6.45) is 6.94. The van der Waals surface area contributed by atoms with Gasteiger partial charge in [-0.05, 0) is 66.6 Å². The molecule has 0 aliphatic heterocycles. The summed E-state index contributed by atoms with van der Waals surface area (Å²) in [5, 5.41) is 3.23. The first-order valence-corrected chi connectivity index (χ1v) is 17.7. The van der Waals surface area contributed by atoms with Gasteiger partial charge in [0.2, 0.25) is 21.8 Å². The average molecular weight is 669 g/mol. The second kappa shape index (κ2) is 15.5. The molecule has 43 heavy (non-hydrogen) atoms. The summed E-state index contributed by atoms with van der Waals surface area (Å²) in [5.74, 6) is -0.329. The molecule has 0 spiro atoms. The summed E-state index contributed by atoms with van der Waals surface area (Å²) >= 11 is 3.53. The van der Waals surface area contributed by atoms with E-state index in [0.29, 0.717) is 18.5 Å². The number of halogens is 1. The number of anilines is 1. The molecule has 0 bridgehead atoms. The molecule has 230 valence electrons. The van der Waals surface area contributed by atoms with E-state index in [-0.39, 0.29) is 37.4 Å². The standard InChI is InChI=1S/C34H42BrN3O4S/c1-3-26-18-20-31(21-19-26)38(43(2,41)42)22-10-17-33(39)37(25-28-13-9-14-29(35)23-28)32(24-27-11-5-4-6-12-27)34(40)36-30-15-7-8-16-30/h4-6,9,11-14,18-21,23,30,32H,3,7-8,10,15-17,22,24-25H2,1-2H3,(H,36,40)/t32-/m1/s1. The first-order chi connectivity index (χ1) is 20.6. The summed E-state index contributed by atoms with van der Waals surface area (Å²) in [6.45, 7) is 2.48. The third kappa shape index (κ3) is 9.66. The van der Waals surface area contributed by atoms with Crippen molar-refractivity contribution in [3.05, 3.63) is 100 Å². The molecule has 3 aromatic rings. The Labute approximate surface area is 264 Å². The first-order valence-electron chi connectivity index (χ1n) is 15.1. The van der Waals surface area contributed by atoms with Crippen LogP contribution in [0.2, 0.25) is 0 Å². The minimum atomic E-state index is -3.55. The zero-order valence-electron chi connectivity index (χ0n) is 25.0.